The Morgan fingerprint density at radius 1 is 1.33 bits per heavy atom. The maximum atomic E-state index is 11.9. The molecule has 24 heavy (non-hydrogen) atoms. The number of fused-ring (bicyclic) bond motifs is 1. The fourth-order valence-electron chi connectivity index (χ4n) is 2.40. The smallest absolute Gasteiger partial charge is 0.254 e. The Kier molecular flexibility index (Phi) is 5.63. The number of aromatic nitrogens is 1. The number of hydrazone groups is 1. The van der Waals surface area contributed by atoms with E-state index in [1.54, 1.807) is 18.2 Å². The van der Waals surface area contributed by atoms with E-state index in [2.05, 4.69) is 15.5 Å². The zero-order valence-corrected chi connectivity index (χ0v) is 14.3. The molecule has 8 heteroatoms. The molecule has 0 unspecified atom stereocenters. The number of morpholine rings is 1. The molecule has 6 nitrogen and oxygen atoms in total. The highest BCUT2D eigenvalue weighted by Gasteiger charge is 2.13. The van der Waals surface area contributed by atoms with Crippen LogP contribution in [0.4, 0.5) is 0 Å². The first-order chi connectivity index (χ1) is 11.6. The molecule has 2 aromatic rings. The average molecular weight is 367 g/mol. The summed E-state index contributed by atoms with van der Waals surface area (Å²) in [6, 6.07) is 7.18. The van der Waals surface area contributed by atoms with Crippen molar-refractivity contribution in [2.75, 3.05) is 32.8 Å². The molecule has 1 saturated heterocycles. The molecule has 1 aliphatic heterocycles. The van der Waals surface area contributed by atoms with Gasteiger partial charge in [0.05, 0.1) is 31.5 Å². The number of ether oxygens (including phenoxy) is 1. The molecule has 0 radical (unpaired) electrons. The van der Waals surface area contributed by atoms with E-state index in [0.717, 1.165) is 24.0 Å². The number of halogens is 2. The van der Waals surface area contributed by atoms with Gasteiger partial charge in [-0.3, -0.25) is 9.69 Å². The van der Waals surface area contributed by atoms with E-state index in [9.17, 15) is 4.79 Å². The number of rotatable bonds is 4. The monoisotopic (exact) mass is 366 g/mol. The van der Waals surface area contributed by atoms with E-state index in [0.29, 0.717) is 35.5 Å². The maximum Gasteiger partial charge on any atom is 0.254 e. The summed E-state index contributed by atoms with van der Waals surface area (Å²) in [7, 11) is 0. The molecule has 0 bridgehead atoms. The molecule has 1 aromatic carbocycles. The van der Waals surface area contributed by atoms with Crippen LogP contribution in [-0.2, 0) is 9.53 Å². The third kappa shape index (κ3) is 4.42. The molecule has 1 N–H and O–H groups in total. The molecule has 2 heterocycles. The van der Waals surface area contributed by atoms with Crippen molar-refractivity contribution in [2.45, 2.75) is 0 Å². The van der Waals surface area contributed by atoms with Gasteiger partial charge < -0.3 is 4.74 Å². The fraction of sp³-hybridized carbons (Fsp3) is 0.312. The van der Waals surface area contributed by atoms with Crippen LogP contribution in [0.1, 0.15) is 5.56 Å². The Labute approximate surface area is 149 Å². The van der Waals surface area contributed by atoms with Gasteiger partial charge in [0, 0.05) is 29.1 Å². The number of amides is 1. The maximum absolute atomic E-state index is 11.9. The summed E-state index contributed by atoms with van der Waals surface area (Å²) in [6.07, 6.45) is 1.48. The standard InChI is InChI=1S/C16H16Cl2N4O2/c17-13-1-2-14-11(8-13)7-12(16(18)20-14)9-19-21-15(23)10-22-3-5-24-6-4-22/h1-2,7-9H,3-6,10H2,(H,21,23)/b19-9-. The number of nitrogens with one attached hydrogen (secondary N) is 1. The largest absolute Gasteiger partial charge is 0.379 e. The van der Waals surface area contributed by atoms with Gasteiger partial charge in [-0.2, -0.15) is 5.10 Å². The van der Waals surface area contributed by atoms with Crippen molar-refractivity contribution < 1.29 is 9.53 Å². The van der Waals surface area contributed by atoms with Crippen LogP contribution in [-0.4, -0.2) is 54.9 Å². The fourth-order valence-corrected chi connectivity index (χ4v) is 2.78. The number of hydrogen-bond donors (Lipinski definition) is 1. The van der Waals surface area contributed by atoms with E-state index in [1.165, 1.54) is 6.21 Å². The first-order valence-electron chi connectivity index (χ1n) is 7.49. The number of pyridine rings is 1. The Balaban J connectivity index is 1.64. The summed E-state index contributed by atoms with van der Waals surface area (Å²) >= 11 is 12.1. The van der Waals surface area contributed by atoms with Crippen molar-refractivity contribution in [3.05, 3.63) is 40.0 Å². The SMILES string of the molecule is O=C(CN1CCOCC1)N/N=C\c1cc2cc(Cl)ccc2nc1Cl. The number of benzene rings is 1. The second-order valence-electron chi connectivity index (χ2n) is 5.39. The molecular formula is C16H16Cl2N4O2. The van der Waals surface area contributed by atoms with Crippen LogP contribution in [0.5, 0.6) is 0 Å². The minimum absolute atomic E-state index is 0.180. The molecule has 0 atom stereocenters. The molecule has 0 spiro atoms. The van der Waals surface area contributed by atoms with Crippen LogP contribution in [0.2, 0.25) is 10.2 Å². The Morgan fingerprint density at radius 3 is 2.92 bits per heavy atom. The molecular weight excluding hydrogens is 351 g/mol. The predicted octanol–water partition coefficient (Wildman–Crippen LogP) is 2.32. The van der Waals surface area contributed by atoms with Crippen molar-refractivity contribution in [3.8, 4) is 0 Å². The normalized spacial score (nSPS) is 15.9. The summed E-state index contributed by atoms with van der Waals surface area (Å²) in [6.45, 7) is 3.09. The number of hydrogen-bond acceptors (Lipinski definition) is 5. The minimum Gasteiger partial charge on any atom is -0.379 e. The topological polar surface area (TPSA) is 66.8 Å². The second kappa shape index (κ2) is 7.90. The van der Waals surface area contributed by atoms with Gasteiger partial charge >= 0.3 is 0 Å². The number of carbonyl (C=O) groups is 1. The summed E-state index contributed by atoms with van der Waals surface area (Å²) in [5.74, 6) is -0.180. The summed E-state index contributed by atoms with van der Waals surface area (Å²) in [5.41, 5.74) is 3.86. The van der Waals surface area contributed by atoms with Crippen LogP contribution < -0.4 is 5.43 Å². The Morgan fingerprint density at radius 2 is 2.12 bits per heavy atom. The lowest BCUT2D eigenvalue weighted by Crippen LogP contribution is -2.42. The van der Waals surface area contributed by atoms with Crippen LogP contribution in [0.25, 0.3) is 10.9 Å². The van der Waals surface area contributed by atoms with Gasteiger partial charge in [-0.25, -0.2) is 10.4 Å². The van der Waals surface area contributed by atoms with Gasteiger partial charge in [0.1, 0.15) is 5.15 Å². The highest BCUT2D eigenvalue weighted by atomic mass is 35.5. The Bertz CT molecular complexity index is 776. The van der Waals surface area contributed by atoms with Crippen LogP contribution in [0.3, 0.4) is 0 Å². The lowest BCUT2D eigenvalue weighted by molar-refractivity contribution is -0.123. The van der Waals surface area contributed by atoms with Crippen molar-refractivity contribution in [2.24, 2.45) is 5.10 Å². The van der Waals surface area contributed by atoms with Crippen LogP contribution >= 0.6 is 23.2 Å². The third-order valence-corrected chi connectivity index (χ3v) is 4.16. The van der Waals surface area contributed by atoms with E-state index in [1.807, 2.05) is 11.0 Å². The van der Waals surface area contributed by atoms with E-state index in [4.69, 9.17) is 27.9 Å². The van der Waals surface area contributed by atoms with Crippen LogP contribution in [0, 0.1) is 0 Å². The van der Waals surface area contributed by atoms with Crippen molar-refractivity contribution >= 4 is 46.2 Å². The highest BCUT2D eigenvalue weighted by Crippen LogP contribution is 2.22. The van der Waals surface area contributed by atoms with Gasteiger partial charge in [-0.05, 0) is 24.3 Å². The van der Waals surface area contributed by atoms with Gasteiger partial charge in [-0.1, -0.05) is 23.2 Å². The lowest BCUT2D eigenvalue weighted by atomic mass is 10.2. The molecule has 1 aromatic heterocycles. The quantitative estimate of drug-likeness (QED) is 0.512. The van der Waals surface area contributed by atoms with Gasteiger partial charge in [0.25, 0.3) is 5.91 Å². The van der Waals surface area contributed by atoms with Crippen molar-refractivity contribution in [1.29, 1.82) is 0 Å². The average Bonchev–Trinajstić information content (AvgIpc) is 2.56. The third-order valence-electron chi connectivity index (χ3n) is 3.62. The van der Waals surface area contributed by atoms with E-state index in [-0.39, 0.29) is 5.91 Å². The zero-order valence-electron chi connectivity index (χ0n) is 12.8. The molecule has 0 saturated carbocycles. The zero-order chi connectivity index (χ0) is 16.9. The molecule has 1 fully saturated rings. The van der Waals surface area contributed by atoms with Crippen LogP contribution in [0.15, 0.2) is 29.4 Å². The number of nitrogens with zero attached hydrogens (tertiary/aromatic N) is 3. The molecule has 0 aliphatic carbocycles. The predicted molar refractivity (Wildman–Crippen MR) is 94.8 cm³/mol. The summed E-state index contributed by atoms with van der Waals surface area (Å²) in [5, 5.41) is 5.75. The molecule has 1 amide bonds. The van der Waals surface area contributed by atoms with Gasteiger partial charge in [-0.15, -0.1) is 0 Å². The Hall–Kier alpha value is -1.73. The lowest BCUT2D eigenvalue weighted by Gasteiger charge is -2.25. The van der Waals surface area contributed by atoms with Crippen molar-refractivity contribution in [3.63, 3.8) is 0 Å². The molecule has 126 valence electrons. The van der Waals surface area contributed by atoms with E-state index < -0.39 is 0 Å². The minimum atomic E-state index is -0.180. The second-order valence-corrected chi connectivity index (χ2v) is 6.18. The number of carbonyl (C=O) groups excluding carboxylic acids is 1. The highest BCUT2D eigenvalue weighted by molar-refractivity contribution is 6.33. The first-order valence-corrected chi connectivity index (χ1v) is 8.25. The summed E-state index contributed by atoms with van der Waals surface area (Å²) in [4.78, 5) is 18.2. The summed E-state index contributed by atoms with van der Waals surface area (Å²) < 4.78 is 5.24. The van der Waals surface area contributed by atoms with Gasteiger partial charge in [0.15, 0.2) is 0 Å². The van der Waals surface area contributed by atoms with E-state index >= 15 is 0 Å². The van der Waals surface area contributed by atoms with Crippen molar-refractivity contribution in [1.82, 2.24) is 15.3 Å². The first kappa shape index (κ1) is 17.1. The molecule has 1 aliphatic rings. The van der Waals surface area contributed by atoms with Gasteiger partial charge in [0.2, 0.25) is 0 Å². The molecule has 3 rings (SSSR count).